The van der Waals surface area contributed by atoms with Crippen LogP contribution < -0.4 is 5.73 Å². The van der Waals surface area contributed by atoms with Crippen LogP contribution in [0.2, 0.25) is 0 Å². The van der Waals surface area contributed by atoms with E-state index in [9.17, 15) is 8.78 Å². The van der Waals surface area contributed by atoms with Crippen molar-refractivity contribution in [3.05, 3.63) is 35.4 Å². The van der Waals surface area contributed by atoms with Crippen molar-refractivity contribution >= 4 is 0 Å². The van der Waals surface area contributed by atoms with E-state index in [4.69, 9.17) is 5.73 Å². The van der Waals surface area contributed by atoms with Gasteiger partial charge in [0.05, 0.1) is 6.04 Å². The molecule has 1 aromatic rings. The number of alkyl halides is 2. The summed E-state index contributed by atoms with van der Waals surface area (Å²) >= 11 is 0. The smallest absolute Gasteiger partial charge is 0.257 e. The van der Waals surface area contributed by atoms with Crippen molar-refractivity contribution in [3.63, 3.8) is 0 Å². The third kappa shape index (κ3) is 2.01. The molecule has 1 atom stereocenters. The van der Waals surface area contributed by atoms with E-state index in [1.54, 1.807) is 24.3 Å². The molecule has 0 bridgehead atoms. The number of hydrogen-bond donors (Lipinski definition) is 1. The minimum atomic E-state index is -2.49. The normalized spacial score (nSPS) is 13.4. The van der Waals surface area contributed by atoms with Crippen molar-refractivity contribution in [2.75, 3.05) is 0 Å². The van der Waals surface area contributed by atoms with Crippen molar-refractivity contribution < 1.29 is 8.78 Å². The summed E-state index contributed by atoms with van der Waals surface area (Å²) in [5.41, 5.74) is 6.76. The van der Waals surface area contributed by atoms with Gasteiger partial charge in [0.2, 0.25) is 0 Å². The van der Waals surface area contributed by atoms with Crippen molar-refractivity contribution in [2.24, 2.45) is 5.73 Å². The zero-order valence-electron chi connectivity index (χ0n) is 6.80. The number of halogens is 2. The fraction of sp³-hybridized carbons (Fsp3) is 0.333. The molecule has 0 aromatic heterocycles. The lowest BCUT2D eigenvalue weighted by Gasteiger charge is -2.10. The first-order valence-corrected chi connectivity index (χ1v) is 3.71. The van der Waals surface area contributed by atoms with Gasteiger partial charge in [-0.05, 0) is 12.5 Å². The Morgan fingerprint density at radius 1 is 1.17 bits per heavy atom. The topological polar surface area (TPSA) is 26.0 Å². The largest absolute Gasteiger partial charge is 0.319 e. The highest BCUT2D eigenvalue weighted by Crippen LogP contribution is 2.17. The molecule has 66 valence electrons. The molecule has 3 heteroatoms. The van der Waals surface area contributed by atoms with Gasteiger partial charge in [-0.2, -0.15) is 0 Å². The molecule has 0 aliphatic rings. The van der Waals surface area contributed by atoms with Gasteiger partial charge in [-0.15, -0.1) is 0 Å². The Morgan fingerprint density at radius 3 is 2.08 bits per heavy atom. The maximum atomic E-state index is 12.1. The fourth-order valence-electron chi connectivity index (χ4n) is 0.934. The minimum Gasteiger partial charge on any atom is -0.319 e. The van der Waals surface area contributed by atoms with Crippen molar-refractivity contribution in [1.82, 2.24) is 0 Å². The van der Waals surface area contributed by atoms with Gasteiger partial charge < -0.3 is 5.73 Å². The standard InChI is InChI=1S/C9H11F2N/c1-6-2-4-7(5-3-6)8(12)9(10)11/h2-5,8-9H,12H2,1H3/t8-/m1/s1. The molecule has 2 N–H and O–H groups in total. The third-order valence-corrected chi connectivity index (χ3v) is 1.73. The van der Waals surface area contributed by atoms with Gasteiger partial charge in [0, 0.05) is 0 Å². The molecule has 0 unspecified atom stereocenters. The van der Waals surface area contributed by atoms with E-state index in [1.807, 2.05) is 6.92 Å². The van der Waals surface area contributed by atoms with Crippen LogP contribution in [-0.4, -0.2) is 6.43 Å². The third-order valence-electron chi connectivity index (χ3n) is 1.73. The summed E-state index contributed by atoms with van der Waals surface area (Å²) in [6, 6.07) is 5.65. The van der Waals surface area contributed by atoms with Crippen LogP contribution in [0.3, 0.4) is 0 Å². The summed E-state index contributed by atoms with van der Waals surface area (Å²) < 4.78 is 24.2. The molecular weight excluding hydrogens is 160 g/mol. The van der Waals surface area contributed by atoms with E-state index in [0.29, 0.717) is 5.56 Å². The van der Waals surface area contributed by atoms with E-state index < -0.39 is 12.5 Å². The molecule has 0 aliphatic heterocycles. The van der Waals surface area contributed by atoms with Crippen molar-refractivity contribution in [2.45, 2.75) is 19.4 Å². The second-order valence-electron chi connectivity index (χ2n) is 2.77. The van der Waals surface area contributed by atoms with Crippen LogP contribution >= 0.6 is 0 Å². The quantitative estimate of drug-likeness (QED) is 0.725. The Hall–Kier alpha value is -0.960. The molecule has 0 aliphatic carbocycles. The lowest BCUT2D eigenvalue weighted by atomic mass is 10.1. The summed E-state index contributed by atoms with van der Waals surface area (Å²) in [5.74, 6) is 0. The van der Waals surface area contributed by atoms with Crippen LogP contribution in [0.4, 0.5) is 8.78 Å². The van der Waals surface area contributed by atoms with E-state index in [0.717, 1.165) is 5.56 Å². The number of aryl methyl sites for hydroxylation is 1. The van der Waals surface area contributed by atoms with Gasteiger partial charge in [-0.25, -0.2) is 8.78 Å². The first kappa shape index (κ1) is 9.13. The van der Waals surface area contributed by atoms with Crippen molar-refractivity contribution in [1.29, 1.82) is 0 Å². The van der Waals surface area contributed by atoms with Crippen LogP contribution in [-0.2, 0) is 0 Å². The van der Waals surface area contributed by atoms with E-state index in [2.05, 4.69) is 0 Å². The summed E-state index contributed by atoms with van der Waals surface area (Å²) in [7, 11) is 0. The van der Waals surface area contributed by atoms with Gasteiger partial charge in [-0.3, -0.25) is 0 Å². The van der Waals surface area contributed by atoms with Crippen LogP contribution in [0.15, 0.2) is 24.3 Å². The van der Waals surface area contributed by atoms with Crippen molar-refractivity contribution in [3.8, 4) is 0 Å². The monoisotopic (exact) mass is 171 g/mol. The average Bonchev–Trinajstić information content (AvgIpc) is 2.04. The Labute approximate surface area is 70.2 Å². The SMILES string of the molecule is Cc1ccc([C@@H](N)C(F)F)cc1. The zero-order valence-corrected chi connectivity index (χ0v) is 6.80. The Balaban J connectivity index is 2.82. The lowest BCUT2D eigenvalue weighted by Crippen LogP contribution is -2.18. The number of benzene rings is 1. The minimum absolute atomic E-state index is 0.482. The molecule has 12 heavy (non-hydrogen) atoms. The zero-order chi connectivity index (χ0) is 9.14. The Kier molecular flexibility index (Phi) is 2.76. The molecule has 0 fully saturated rings. The maximum absolute atomic E-state index is 12.1. The summed E-state index contributed by atoms with van der Waals surface area (Å²) in [5, 5.41) is 0. The second kappa shape index (κ2) is 3.63. The van der Waals surface area contributed by atoms with Gasteiger partial charge in [-0.1, -0.05) is 29.8 Å². The molecule has 1 rings (SSSR count). The maximum Gasteiger partial charge on any atom is 0.257 e. The summed E-state index contributed by atoms with van der Waals surface area (Å²) in [4.78, 5) is 0. The van der Waals surface area contributed by atoms with Gasteiger partial charge in [0.25, 0.3) is 6.43 Å². The molecule has 0 heterocycles. The molecule has 0 spiro atoms. The van der Waals surface area contributed by atoms with E-state index in [-0.39, 0.29) is 0 Å². The van der Waals surface area contributed by atoms with Gasteiger partial charge in [0.15, 0.2) is 0 Å². The first-order chi connectivity index (χ1) is 5.61. The average molecular weight is 171 g/mol. The molecule has 0 amide bonds. The highest BCUT2D eigenvalue weighted by Gasteiger charge is 2.16. The van der Waals surface area contributed by atoms with Crippen LogP contribution in [0, 0.1) is 6.92 Å². The predicted molar refractivity (Wildman–Crippen MR) is 44.1 cm³/mol. The highest BCUT2D eigenvalue weighted by atomic mass is 19.3. The molecule has 0 saturated carbocycles. The second-order valence-corrected chi connectivity index (χ2v) is 2.77. The molecular formula is C9H11F2N. The number of hydrogen-bond acceptors (Lipinski definition) is 1. The molecule has 0 radical (unpaired) electrons. The Bertz CT molecular complexity index is 243. The molecule has 1 aromatic carbocycles. The summed E-state index contributed by atoms with van der Waals surface area (Å²) in [6.07, 6.45) is -2.49. The van der Waals surface area contributed by atoms with Crippen LogP contribution in [0.1, 0.15) is 17.2 Å². The molecule has 0 saturated heterocycles. The van der Waals surface area contributed by atoms with Gasteiger partial charge >= 0.3 is 0 Å². The number of rotatable bonds is 2. The highest BCUT2D eigenvalue weighted by molar-refractivity contribution is 5.24. The van der Waals surface area contributed by atoms with Gasteiger partial charge in [0.1, 0.15) is 0 Å². The summed E-state index contributed by atoms with van der Waals surface area (Å²) in [6.45, 7) is 1.90. The van der Waals surface area contributed by atoms with E-state index >= 15 is 0 Å². The fourth-order valence-corrected chi connectivity index (χ4v) is 0.934. The van der Waals surface area contributed by atoms with Crippen LogP contribution in [0.25, 0.3) is 0 Å². The molecule has 1 nitrogen and oxygen atoms in total. The van der Waals surface area contributed by atoms with E-state index in [1.165, 1.54) is 0 Å². The predicted octanol–water partition coefficient (Wildman–Crippen LogP) is 2.26. The Morgan fingerprint density at radius 2 is 1.67 bits per heavy atom. The number of nitrogens with two attached hydrogens (primary N) is 1. The van der Waals surface area contributed by atoms with Crippen LogP contribution in [0.5, 0.6) is 0 Å². The lowest BCUT2D eigenvalue weighted by molar-refractivity contribution is 0.116. The first-order valence-electron chi connectivity index (χ1n) is 3.71.